The number of likely N-dealkylation sites (N-methyl/N-ethyl adjacent to an activating group) is 1. The molecule has 0 saturated carbocycles. The van der Waals surface area contributed by atoms with Crippen molar-refractivity contribution in [3.63, 3.8) is 0 Å². The van der Waals surface area contributed by atoms with Crippen molar-refractivity contribution < 1.29 is 18.0 Å². The maximum atomic E-state index is 13.8. The van der Waals surface area contributed by atoms with Crippen LogP contribution in [0.5, 0.6) is 0 Å². The van der Waals surface area contributed by atoms with E-state index in [4.69, 9.17) is 11.6 Å². The Hall–Kier alpha value is -3.36. The van der Waals surface area contributed by atoms with Crippen LogP contribution in [0.4, 0.5) is 5.69 Å². The van der Waals surface area contributed by atoms with Gasteiger partial charge in [0, 0.05) is 18.1 Å². The van der Waals surface area contributed by atoms with Crippen LogP contribution in [-0.2, 0) is 26.2 Å². The summed E-state index contributed by atoms with van der Waals surface area (Å²) in [5.41, 5.74) is 2.71. The number of anilines is 1. The van der Waals surface area contributed by atoms with E-state index in [1.807, 2.05) is 31.2 Å². The number of sulfonamides is 1. The molecule has 0 radical (unpaired) electrons. The number of carbonyl (C=O) groups is 2. The minimum atomic E-state index is -4.13. The van der Waals surface area contributed by atoms with Crippen molar-refractivity contribution >= 4 is 39.1 Å². The lowest BCUT2D eigenvalue weighted by molar-refractivity contribution is -0.139. The van der Waals surface area contributed by atoms with E-state index in [1.54, 1.807) is 57.2 Å². The van der Waals surface area contributed by atoms with Crippen molar-refractivity contribution in [2.75, 3.05) is 17.4 Å². The number of nitrogens with one attached hydrogen (secondary N) is 1. The van der Waals surface area contributed by atoms with Gasteiger partial charge in [0.2, 0.25) is 11.8 Å². The Labute approximate surface area is 224 Å². The maximum Gasteiger partial charge on any atom is 0.264 e. The van der Waals surface area contributed by atoms with Crippen LogP contribution in [0.15, 0.2) is 77.7 Å². The van der Waals surface area contributed by atoms with Crippen molar-refractivity contribution in [1.82, 2.24) is 10.2 Å². The molecular weight excluding hydrogens is 510 g/mol. The van der Waals surface area contributed by atoms with Crippen LogP contribution in [0.1, 0.15) is 30.5 Å². The number of rotatable bonds is 10. The van der Waals surface area contributed by atoms with Crippen LogP contribution >= 0.6 is 11.6 Å². The number of amides is 2. The highest BCUT2D eigenvalue weighted by Gasteiger charge is 2.33. The summed E-state index contributed by atoms with van der Waals surface area (Å²) in [6.07, 6.45) is 0. The molecule has 0 spiro atoms. The summed E-state index contributed by atoms with van der Waals surface area (Å²) in [5.74, 6) is -0.836. The van der Waals surface area contributed by atoms with Crippen molar-refractivity contribution in [3.05, 3.63) is 94.5 Å². The first-order chi connectivity index (χ1) is 17.6. The molecule has 37 heavy (non-hydrogen) atoms. The zero-order valence-corrected chi connectivity index (χ0v) is 23.0. The highest BCUT2D eigenvalue weighted by molar-refractivity contribution is 7.92. The molecule has 3 rings (SSSR count). The third-order valence-electron chi connectivity index (χ3n) is 6.11. The highest BCUT2D eigenvalue weighted by atomic mass is 35.5. The Balaban J connectivity index is 2.06. The second-order valence-electron chi connectivity index (χ2n) is 8.79. The molecule has 3 aromatic carbocycles. The van der Waals surface area contributed by atoms with Gasteiger partial charge in [-0.15, -0.1) is 0 Å². The number of hydrogen-bond acceptors (Lipinski definition) is 4. The van der Waals surface area contributed by atoms with E-state index in [1.165, 1.54) is 17.0 Å². The van der Waals surface area contributed by atoms with Gasteiger partial charge in [-0.1, -0.05) is 65.7 Å². The normalized spacial score (nSPS) is 12.0. The first-order valence-electron chi connectivity index (χ1n) is 12.0. The molecule has 3 aromatic rings. The standard InChI is InChI=1S/C28H32ClN3O4S/c1-5-30-28(34)22(4)31(18-23-16-14-20(2)15-17-23)27(33)19-32(26-13-9-12-25(29)21(26)3)37(35,36)24-10-7-6-8-11-24/h6-17,22H,5,18-19H2,1-4H3,(H,30,34)/t22-/m1/s1. The van der Waals surface area contributed by atoms with Crippen LogP contribution in [-0.4, -0.2) is 44.3 Å². The average Bonchev–Trinajstić information content (AvgIpc) is 2.88. The van der Waals surface area contributed by atoms with Crippen LogP contribution < -0.4 is 9.62 Å². The van der Waals surface area contributed by atoms with Crippen molar-refractivity contribution in [2.45, 2.75) is 45.2 Å². The summed E-state index contributed by atoms with van der Waals surface area (Å²) in [5, 5.41) is 3.13. The fourth-order valence-corrected chi connectivity index (χ4v) is 5.56. The van der Waals surface area contributed by atoms with Gasteiger partial charge in [0.05, 0.1) is 10.6 Å². The molecule has 2 amide bonds. The van der Waals surface area contributed by atoms with E-state index < -0.39 is 28.5 Å². The Morgan fingerprint density at radius 2 is 1.59 bits per heavy atom. The Morgan fingerprint density at radius 3 is 2.22 bits per heavy atom. The van der Waals surface area contributed by atoms with Gasteiger partial charge >= 0.3 is 0 Å². The molecular formula is C28H32ClN3O4S. The summed E-state index contributed by atoms with van der Waals surface area (Å²) in [6.45, 7) is 7.15. The predicted octanol–water partition coefficient (Wildman–Crippen LogP) is 4.71. The van der Waals surface area contributed by atoms with Gasteiger partial charge in [-0.25, -0.2) is 8.42 Å². The number of hydrogen-bond donors (Lipinski definition) is 1. The highest BCUT2D eigenvalue weighted by Crippen LogP contribution is 2.31. The number of benzene rings is 3. The van der Waals surface area contributed by atoms with E-state index in [0.717, 1.165) is 15.4 Å². The third kappa shape index (κ3) is 6.70. The van der Waals surface area contributed by atoms with Gasteiger partial charge in [-0.2, -0.15) is 0 Å². The van der Waals surface area contributed by atoms with Gasteiger partial charge in [-0.3, -0.25) is 13.9 Å². The molecule has 1 atom stereocenters. The van der Waals surface area contributed by atoms with E-state index in [2.05, 4.69) is 5.32 Å². The largest absolute Gasteiger partial charge is 0.355 e. The smallest absolute Gasteiger partial charge is 0.264 e. The lowest BCUT2D eigenvalue weighted by atomic mass is 10.1. The first-order valence-corrected chi connectivity index (χ1v) is 13.8. The van der Waals surface area contributed by atoms with E-state index in [-0.39, 0.29) is 17.3 Å². The van der Waals surface area contributed by atoms with Crippen molar-refractivity contribution in [3.8, 4) is 0 Å². The number of halogens is 1. The Bertz CT molecular complexity index is 1350. The number of carbonyl (C=O) groups excluding carboxylic acids is 2. The minimum absolute atomic E-state index is 0.0454. The molecule has 0 bridgehead atoms. The molecule has 7 nitrogen and oxygen atoms in total. The van der Waals surface area contributed by atoms with Gasteiger partial charge < -0.3 is 10.2 Å². The van der Waals surface area contributed by atoms with Gasteiger partial charge in [0.1, 0.15) is 12.6 Å². The Morgan fingerprint density at radius 1 is 0.946 bits per heavy atom. The van der Waals surface area contributed by atoms with Crippen LogP contribution in [0.3, 0.4) is 0 Å². The third-order valence-corrected chi connectivity index (χ3v) is 8.29. The summed E-state index contributed by atoms with van der Waals surface area (Å²) in [4.78, 5) is 28.0. The quantitative estimate of drug-likeness (QED) is 0.403. The lowest BCUT2D eigenvalue weighted by Gasteiger charge is -2.32. The molecule has 0 saturated heterocycles. The maximum absolute atomic E-state index is 13.8. The van der Waals surface area contributed by atoms with Crippen molar-refractivity contribution in [1.29, 1.82) is 0 Å². The molecule has 0 aliphatic heterocycles. The molecule has 0 unspecified atom stereocenters. The van der Waals surface area contributed by atoms with Gasteiger partial charge in [0.25, 0.3) is 10.0 Å². The topological polar surface area (TPSA) is 86.8 Å². The molecule has 0 fully saturated rings. The molecule has 0 aliphatic rings. The monoisotopic (exact) mass is 541 g/mol. The second-order valence-corrected chi connectivity index (χ2v) is 11.1. The van der Waals surface area contributed by atoms with Crippen LogP contribution in [0.2, 0.25) is 5.02 Å². The molecule has 9 heteroatoms. The number of nitrogens with zero attached hydrogens (tertiary/aromatic N) is 2. The first kappa shape index (κ1) is 28.2. The van der Waals surface area contributed by atoms with Gasteiger partial charge in [-0.05, 0) is 63.1 Å². The summed E-state index contributed by atoms with van der Waals surface area (Å²) in [7, 11) is -4.13. The average molecular weight is 542 g/mol. The Kier molecular flexibility index (Phi) is 9.34. The minimum Gasteiger partial charge on any atom is -0.355 e. The molecule has 0 aromatic heterocycles. The molecule has 0 aliphatic carbocycles. The number of aryl methyl sites for hydroxylation is 1. The predicted molar refractivity (Wildman–Crippen MR) is 147 cm³/mol. The van der Waals surface area contributed by atoms with E-state index >= 15 is 0 Å². The second kappa shape index (κ2) is 12.3. The zero-order valence-electron chi connectivity index (χ0n) is 21.4. The summed E-state index contributed by atoms with van der Waals surface area (Å²) >= 11 is 6.33. The van der Waals surface area contributed by atoms with Crippen LogP contribution in [0.25, 0.3) is 0 Å². The van der Waals surface area contributed by atoms with Crippen LogP contribution in [0, 0.1) is 13.8 Å². The summed E-state index contributed by atoms with van der Waals surface area (Å²) in [6, 6.07) is 19.7. The fourth-order valence-electron chi connectivity index (χ4n) is 3.89. The van der Waals surface area contributed by atoms with Gasteiger partial charge in [0.15, 0.2) is 0 Å². The summed E-state index contributed by atoms with van der Waals surface area (Å²) < 4.78 is 28.6. The fraction of sp³-hybridized carbons (Fsp3) is 0.286. The molecule has 1 N–H and O–H groups in total. The van der Waals surface area contributed by atoms with Crippen molar-refractivity contribution in [2.24, 2.45) is 0 Å². The van der Waals surface area contributed by atoms with E-state index in [9.17, 15) is 18.0 Å². The lowest BCUT2D eigenvalue weighted by Crippen LogP contribution is -2.51. The molecule has 196 valence electrons. The molecule has 0 heterocycles. The zero-order chi connectivity index (χ0) is 27.2. The van der Waals surface area contributed by atoms with E-state index in [0.29, 0.717) is 22.8 Å². The SMILES string of the molecule is CCNC(=O)[C@@H](C)N(Cc1ccc(C)cc1)C(=O)CN(c1cccc(Cl)c1C)S(=O)(=O)c1ccccc1.